The molecule has 0 unspecified atom stereocenters. The predicted octanol–water partition coefficient (Wildman–Crippen LogP) is 4.84. The lowest BCUT2D eigenvalue weighted by atomic mass is 9.94. The van der Waals surface area contributed by atoms with E-state index in [2.05, 4.69) is 5.32 Å². The second-order valence-electron chi connectivity index (χ2n) is 6.80. The molecule has 1 heterocycles. The number of halogens is 1. The zero-order valence-electron chi connectivity index (χ0n) is 17.3. The van der Waals surface area contributed by atoms with Crippen molar-refractivity contribution in [2.24, 2.45) is 0 Å². The van der Waals surface area contributed by atoms with Crippen molar-refractivity contribution < 1.29 is 19.1 Å². The van der Waals surface area contributed by atoms with E-state index in [0.717, 1.165) is 5.56 Å². The van der Waals surface area contributed by atoms with Gasteiger partial charge < -0.3 is 14.8 Å². The number of urea groups is 1. The maximum absolute atomic E-state index is 12.8. The highest BCUT2D eigenvalue weighted by Gasteiger charge is 2.37. The lowest BCUT2D eigenvalue weighted by molar-refractivity contribution is -0.139. The van der Waals surface area contributed by atoms with Crippen molar-refractivity contribution >= 4 is 23.6 Å². The number of esters is 1. The molecule has 1 aliphatic heterocycles. The molecule has 30 heavy (non-hydrogen) atoms. The van der Waals surface area contributed by atoms with Crippen molar-refractivity contribution in [2.45, 2.75) is 33.4 Å². The highest BCUT2D eigenvalue weighted by atomic mass is 35.5. The largest absolute Gasteiger partial charge is 0.489 e. The number of nitrogens with zero attached hydrogens (tertiary/aromatic N) is 1. The number of hydrogen-bond donors (Lipinski definition) is 1. The Morgan fingerprint density at radius 1 is 1.17 bits per heavy atom. The Kier molecular flexibility index (Phi) is 7.00. The fourth-order valence-electron chi connectivity index (χ4n) is 3.48. The van der Waals surface area contributed by atoms with Crippen LogP contribution in [0.2, 0.25) is 5.02 Å². The number of nitrogens with one attached hydrogen (secondary N) is 1. The van der Waals surface area contributed by atoms with Crippen LogP contribution in [0.15, 0.2) is 59.8 Å². The van der Waals surface area contributed by atoms with Crippen LogP contribution < -0.4 is 10.1 Å². The summed E-state index contributed by atoms with van der Waals surface area (Å²) in [6, 6.07) is 13.9. The van der Waals surface area contributed by atoms with E-state index in [1.54, 1.807) is 32.0 Å². The first kappa shape index (κ1) is 21.7. The van der Waals surface area contributed by atoms with Gasteiger partial charge in [0, 0.05) is 22.8 Å². The molecule has 2 aromatic rings. The van der Waals surface area contributed by atoms with Gasteiger partial charge in [0.1, 0.15) is 12.4 Å². The zero-order chi connectivity index (χ0) is 21.7. The van der Waals surface area contributed by atoms with Gasteiger partial charge in [-0.2, -0.15) is 0 Å². The van der Waals surface area contributed by atoms with Gasteiger partial charge in [-0.25, -0.2) is 9.59 Å². The van der Waals surface area contributed by atoms with Gasteiger partial charge in [-0.3, -0.25) is 4.90 Å². The van der Waals surface area contributed by atoms with Gasteiger partial charge in [0.05, 0.1) is 18.2 Å². The number of ether oxygens (including phenoxy) is 2. The van der Waals surface area contributed by atoms with E-state index >= 15 is 0 Å². The topological polar surface area (TPSA) is 67.9 Å². The summed E-state index contributed by atoms with van der Waals surface area (Å²) in [6.45, 7) is 6.34. The molecule has 2 amide bonds. The van der Waals surface area contributed by atoms with Crippen LogP contribution in [0.3, 0.4) is 0 Å². The maximum Gasteiger partial charge on any atom is 0.338 e. The van der Waals surface area contributed by atoms with Crippen LogP contribution in [-0.4, -0.2) is 30.1 Å². The van der Waals surface area contributed by atoms with E-state index < -0.39 is 12.0 Å². The number of hydrogen-bond acceptors (Lipinski definition) is 4. The quantitative estimate of drug-likeness (QED) is 0.640. The molecule has 158 valence electrons. The maximum atomic E-state index is 12.8. The number of carbonyl (C=O) groups is 2. The zero-order valence-corrected chi connectivity index (χ0v) is 18.0. The average molecular weight is 429 g/mol. The molecule has 7 heteroatoms. The number of allylic oxidation sites excluding steroid dienone is 1. The SMILES string of the molecule is CCOC(=O)C1=C(C)N(CC)C(=O)N[C@@H]1c1cc(Cl)ccc1OCc1ccccc1. The number of carbonyl (C=O) groups excluding carboxylic acids is 2. The first-order chi connectivity index (χ1) is 14.5. The van der Waals surface area contributed by atoms with Crippen LogP contribution in [0.1, 0.15) is 37.9 Å². The van der Waals surface area contributed by atoms with Crippen LogP contribution in [0.4, 0.5) is 4.79 Å². The van der Waals surface area contributed by atoms with Crippen LogP contribution in [-0.2, 0) is 16.1 Å². The first-order valence-electron chi connectivity index (χ1n) is 9.88. The highest BCUT2D eigenvalue weighted by molar-refractivity contribution is 6.30. The highest BCUT2D eigenvalue weighted by Crippen LogP contribution is 2.37. The average Bonchev–Trinajstić information content (AvgIpc) is 2.73. The monoisotopic (exact) mass is 428 g/mol. The van der Waals surface area contributed by atoms with E-state index in [9.17, 15) is 9.59 Å². The van der Waals surface area contributed by atoms with Gasteiger partial charge in [0.15, 0.2) is 0 Å². The molecule has 0 aliphatic carbocycles. The molecule has 0 saturated carbocycles. The van der Waals surface area contributed by atoms with Crippen molar-refractivity contribution in [3.8, 4) is 5.75 Å². The first-order valence-corrected chi connectivity index (χ1v) is 10.3. The molecular weight excluding hydrogens is 404 g/mol. The molecule has 0 aromatic heterocycles. The van der Waals surface area contributed by atoms with Crippen molar-refractivity contribution in [2.75, 3.05) is 13.2 Å². The molecule has 0 fully saturated rings. The molecule has 1 atom stereocenters. The summed E-state index contributed by atoms with van der Waals surface area (Å²) in [5.74, 6) is 0.0561. The minimum atomic E-state index is -0.733. The Balaban J connectivity index is 2.03. The lowest BCUT2D eigenvalue weighted by Gasteiger charge is -2.35. The second-order valence-corrected chi connectivity index (χ2v) is 7.24. The summed E-state index contributed by atoms with van der Waals surface area (Å²) in [6.07, 6.45) is 0. The smallest absolute Gasteiger partial charge is 0.338 e. The molecule has 1 aliphatic rings. The Morgan fingerprint density at radius 3 is 2.57 bits per heavy atom. The van der Waals surface area contributed by atoms with E-state index in [-0.39, 0.29) is 12.6 Å². The van der Waals surface area contributed by atoms with Crippen LogP contribution >= 0.6 is 11.6 Å². The van der Waals surface area contributed by atoms with Gasteiger partial charge in [-0.05, 0) is 44.5 Å². The van der Waals surface area contributed by atoms with Gasteiger partial charge in [0.2, 0.25) is 0 Å². The second kappa shape index (κ2) is 9.67. The number of rotatable bonds is 7. The van der Waals surface area contributed by atoms with Gasteiger partial charge in [-0.1, -0.05) is 41.9 Å². The molecule has 0 saturated heterocycles. The molecule has 0 radical (unpaired) electrons. The summed E-state index contributed by atoms with van der Waals surface area (Å²) in [5, 5.41) is 3.39. The van der Waals surface area contributed by atoms with Crippen molar-refractivity contribution in [1.82, 2.24) is 10.2 Å². The van der Waals surface area contributed by atoms with Crippen LogP contribution in [0, 0.1) is 0 Å². The van der Waals surface area contributed by atoms with Crippen LogP contribution in [0.5, 0.6) is 5.75 Å². The summed E-state index contributed by atoms with van der Waals surface area (Å²) in [5.41, 5.74) is 2.52. The summed E-state index contributed by atoms with van der Waals surface area (Å²) >= 11 is 6.26. The molecule has 0 bridgehead atoms. The van der Waals surface area contributed by atoms with E-state index in [0.29, 0.717) is 40.8 Å². The van der Waals surface area contributed by atoms with Gasteiger partial charge >= 0.3 is 12.0 Å². The molecule has 2 aromatic carbocycles. The molecule has 6 nitrogen and oxygen atoms in total. The fraction of sp³-hybridized carbons (Fsp3) is 0.304. The summed E-state index contributed by atoms with van der Waals surface area (Å²) < 4.78 is 11.3. The van der Waals surface area contributed by atoms with Crippen LogP contribution in [0.25, 0.3) is 0 Å². The Morgan fingerprint density at radius 2 is 1.90 bits per heavy atom. The van der Waals surface area contributed by atoms with E-state index in [1.807, 2.05) is 37.3 Å². The van der Waals surface area contributed by atoms with Crippen molar-refractivity contribution in [1.29, 1.82) is 0 Å². The Bertz CT molecular complexity index is 959. The predicted molar refractivity (Wildman–Crippen MR) is 115 cm³/mol. The number of amides is 2. The lowest BCUT2D eigenvalue weighted by Crippen LogP contribution is -2.48. The third kappa shape index (κ3) is 4.60. The molecular formula is C23H25ClN2O4. The van der Waals surface area contributed by atoms with E-state index in [4.69, 9.17) is 21.1 Å². The molecule has 0 spiro atoms. The van der Waals surface area contributed by atoms with Gasteiger partial charge in [-0.15, -0.1) is 0 Å². The standard InChI is InChI=1S/C23H25ClN2O4/c1-4-26-15(3)20(22(27)29-5-2)21(25-23(26)28)18-13-17(24)11-12-19(18)30-14-16-9-7-6-8-10-16/h6-13,21H,4-5,14H2,1-3H3,(H,25,28)/t21-/m1/s1. The third-order valence-electron chi connectivity index (χ3n) is 4.93. The van der Waals surface area contributed by atoms with E-state index in [1.165, 1.54) is 4.90 Å². The third-order valence-corrected chi connectivity index (χ3v) is 5.16. The van der Waals surface area contributed by atoms with Gasteiger partial charge in [0.25, 0.3) is 0 Å². The molecule has 3 rings (SSSR count). The Labute approximate surface area is 181 Å². The number of benzene rings is 2. The molecule has 1 N–H and O–H groups in total. The minimum Gasteiger partial charge on any atom is -0.489 e. The summed E-state index contributed by atoms with van der Waals surface area (Å²) in [4.78, 5) is 27.0. The fourth-order valence-corrected chi connectivity index (χ4v) is 3.66. The van der Waals surface area contributed by atoms with Crippen molar-refractivity contribution in [3.05, 3.63) is 76.0 Å². The minimum absolute atomic E-state index is 0.231. The Hall–Kier alpha value is -2.99. The summed E-state index contributed by atoms with van der Waals surface area (Å²) in [7, 11) is 0. The normalized spacial score (nSPS) is 16.3. The van der Waals surface area contributed by atoms with Crippen molar-refractivity contribution in [3.63, 3.8) is 0 Å².